The quantitative estimate of drug-likeness (QED) is 0.244. The van der Waals surface area contributed by atoms with Gasteiger partial charge in [-0.2, -0.15) is 0 Å². The minimum absolute atomic E-state index is 0.0952. The monoisotopic (exact) mass is 392 g/mol. The summed E-state index contributed by atoms with van der Waals surface area (Å²) in [5.74, 6) is 0.156. The van der Waals surface area contributed by atoms with E-state index < -0.39 is 0 Å². The zero-order chi connectivity index (χ0) is 20.8. The van der Waals surface area contributed by atoms with Crippen LogP contribution < -0.4 is 0 Å². The van der Waals surface area contributed by atoms with Crippen molar-refractivity contribution in [3.8, 4) is 5.75 Å². The maximum atomic E-state index is 12.9. The maximum Gasteiger partial charge on any atom is 0.365 e. The Balaban J connectivity index is 2.50. The fraction of sp³-hybridized carbons (Fsp3) is 0.708. The highest BCUT2D eigenvalue weighted by atomic mass is 16.5. The molecule has 0 aliphatic carbocycles. The molecule has 4 heteroatoms. The van der Waals surface area contributed by atoms with Gasteiger partial charge in [-0.15, -0.1) is 0 Å². The maximum absolute atomic E-state index is 12.9. The van der Waals surface area contributed by atoms with Gasteiger partial charge in [0.05, 0.1) is 26.7 Å². The summed E-state index contributed by atoms with van der Waals surface area (Å²) in [6.07, 6.45) is 10.5. The number of rotatable bonds is 15. The number of hydrogen-bond acceptors (Lipinski definition) is 3. The van der Waals surface area contributed by atoms with E-state index in [1.807, 2.05) is 12.1 Å². The predicted molar refractivity (Wildman–Crippen MR) is 116 cm³/mol. The number of ether oxygens (including phenoxy) is 1. The Bertz CT molecular complexity index is 537. The Morgan fingerprint density at radius 1 is 0.929 bits per heavy atom. The summed E-state index contributed by atoms with van der Waals surface area (Å²) in [5.41, 5.74) is 1.05. The average Bonchev–Trinajstić information content (AvgIpc) is 2.71. The lowest BCUT2D eigenvalue weighted by molar-refractivity contribution is -0.921. The first-order valence-electron chi connectivity index (χ1n) is 11.3. The van der Waals surface area contributed by atoms with Crippen LogP contribution in [0, 0.1) is 0 Å². The van der Waals surface area contributed by atoms with Gasteiger partial charge in [0.15, 0.2) is 6.04 Å². The van der Waals surface area contributed by atoms with Gasteiger partial charge in [-0.05, 0) is 38.0 Å². The van der Waals surface area contributed by atoms with Gasteiger partial charge in [0.1, 0.15) is 5.75 Å². The van der Waals surface area contributed by atoms with Crippen LogP contribution in [0.3, 0.4) is 0 Å². The van der Waals surface area contributed by atoms with Gasteiger partial charge in [0, 0.05) is 6.42 Å². The largest absolute Gasteiger partial charge is 0.508 e. The topological polar surface area (TPSA) is 46.5 Å². The van der Waals surface area contributed by atoms with Gasteiger partial charge in [-0.3, -0.25) is 0 Å². The molecule has 0 unspecified atom stereocenters. The first-order chi connectivity index (χ1) is 13.5. The highest BCUT2D eigenvalue weighted by Gasteiger charge is 2.37. The van der Waals surface area contributed by atoms with E-state index in [-0.39, 0.29) is 17.8 Å². The molecule has 28 heavy (non-hydrogen) atoms. The van der Waals surface area contributed by atoms with Crippen LogP contribution in [0.25, 0.3) is 0 Å². The molecule has 1 aromatic carbocycles. The zero-order valence-corrected chi connectivity index (χ0v) is 18.6. The van der Waals surface area contributed by atoms with Crippen molar-refractivity contribution in [2.24, 2.45) is 0 Å². The minimum Gasteiger partial charge on any atom is -0.508 e. The molecule has 0 heterocycles. The molecule has 0 radical (unpaired) electrons. The van der Waals surface area contributed by atoms with Gasteiger partial charge in [-0.25, -0.2) is 4.79 Å². The van der Waals surface area contributed by atoms with Gasteiger partial charge in [0.2, 0.25) is 0 Å². The molecule has 0 amide bonds. The van der Waals surface area contributed by atoms with Crippen LogP contribution in [0.5, 0.6) is 5.75 Å². The van der Waals surface area contributed by atoms with Crippen molar-refractivity contribution in [2.75, 3.05) is 26.7 Å². The molecule has 0 saturated heterocycles. The average molecular weight is 393 g/mol. The number of nitrogens with zero attached hydrogens (tertiary/aromatic N) is 1. The summed E-state index contributed by atoms with van der Waals surface area (Å²) >= 11 is 0. The number of benzene rings is 1. The highest BCUT2D eigenvalue weighted by Crippen LogP contribution is 2.19. The zero-order valence-electron chi connectivity index (χ0n) is 18.6. The molecule has 1 atom stereocenters. The van der Waals surface area contributed by atoms with E-state index in [2.05, 4.69) is 27.8 Å². The van der Waals surface area contributed by atoms with Crippen molar-refractivity contribution < 1.29 is 19.1 Å². The van der Waals surface area contributed by atoms with E-state index in [4.69, 9.17) is 4.74 Å². The molecule has 1 rings (SSSR count). The Morgan fingerprint density at radius 2 is 1.46 bits per heavy atom. The number of phenols is 1. The normalized spacial score (nSPS) is 12.7. The van der Waals surface area contributed by atoms with E-state index in [9.17, 15) is 9.90 Å². The molecular weight excluding hydrogens is 350 g/mol. The van der Waals surface area contributed by atoms with Gasteiger partial charge in [-0.1, -0.05) is 64.0 Å². The molecule has 0 bridgehead atoms. The third kappa shape index (κ3) is 8.64. The smallest absolute Gasteiger partial charge is 0.365 e. The lowest BCUT2D eigenvalue weighted by Crippen LogP contribution is -2.57. The van der Waals surface area contributed by atoms with Crippen molar-refractivity contribution in [1.29, 1.82) is 0 Å². The fourth-order valence-electron chi connectivity index (χ4n) is 3.58. The van der Waals surface area contributed by atoms with Crippen LogP contribution in [-0.2, 0) is 16.0 Å². The minimum atomic E-state index is -0.214. The molecule has 0 aliphatic heterocycles. The Hall–Kier alpha value is -1.55. The molecule has 0 aliphatic rings. The number of quaternary nitrogens is 1. The first kappa shape index (κ1) is 24.5. The van der Waals surface area contributed by atoms with Crippen LogP contribution in [0.4, 0.5) is 0 Å². The molecular formula is C24H42NO3+. The molecule has 160 valence electrons. The number of carbonyl (C=O) groups excluding carboxylic acids is 1. The second-order valence-corrected chi connectivity index (χ2v) is 8.14. The molecule has 0 aromatic heterocycles. The Morgan fingerprint density at radius 3 is 2.00 bits per heavy atom. The van der Waals surface area contributed by atoms with Gasteiger partial charge < -0.3 is 14.3 Å². The number of likely N-dealkylation sites (N-methyl/N-ethyl adjacent to an activating group) is 1. The van der Waals surface area contributed by atoms with Crippen LogP contribution in [0.1, 0.15) is 77.7 Å². The third-order valence-corrected chi connectivity index (χ3v) is 6.08. The van der Waals surface area contributed by atoms with Crippen molar-refractivity contribution in [3.63, 3.8) is 0 Å². The van der Waals surface area contributed by atoms with Crippen molar-refractivity contribution in [1.82, 2.24) is 0 Å². The van der Waals surface area contributed by atoms with Crippen LogP contribution >= 0.6 is 0 Å². The molecule has 0 spiro atoms. The number of aromatic hydroxyl groups is 1. The SMILES string of the molecule is CCCCCCCCCCOC(=O)[C@H](Cc1ccc(O)cc1)[N+](C)(CC)CC. The number of hydrogen-bond donors (Lipinski definition) is 1. The highest BCUT2D eigenvalue weighted by molar-refractivity contribution is 5.75. The van der Waals surface area contributed by atoms with Crippen molar-refractivity contribution in [2.45, 2.75) is 84.6 Å². The Kier molecular flexibility index (Phi) is 11.9. The lowest BCUT2D eigenvalue weighted by Gasteiger charge is -2.38. The van der Waals surface area contributed by atoms with Crippen molar-refractivity contribution in [3.05, 3.63) is 29.8 Å². The van der Waals surface area contributed by atoms with Crippen LogP contribution in [0.2, 0.25) is 0 Å². The van der Waals surface area contributed by atoms with E-state index in [0.717, 1.165) is 31.5 Å². The second-order valence-electron chi connectivity index (χ2n) is 8.14. The van der Waals surface area contributed by atoms with Gasteiger partial charge in [0.25, 0.3) is 0 Å². The lowest BCUT2D eigenvalue weighted by atomic mass is 10.0. The molecule has 0 saturated carbocycles. The summed E-state index contributed by atoms with van der Waals surface area (Å²) in [6.45, 7) is 8.77. The second kappa shape index (κ2) is 13.6. The third-order valence-electron chi connectivity index (χ3n) is 6.08. The van der Waals surface area contributed by atoms with E-state index in [1.165, 1.54) is 38.5 Å². The molecule has 4 nitrogen and oxygen atoms in total. The number of esters is 1. The summed E-state index contributed by atoms with van der Waals surface area (Å²) in [5, 5.41) is 9.50. The summed E-state index contributed by atoms with van der Waals surface area (Å²) in [6, 6.07) is 6.93. The summed E-state index contributed by atoms with van der Waals surface area (Å²) in [4.78, 5) is 12.9. The number of phenolic OH excluding ortho intramolecular Hbond substituents is 1. The summed E-state index contributed by atoms with van der Waals surface area (Å²) in [7, 11) is 2.13. The first-order valence-corrected chi connectivity index (χ1v) is 11.3. The standard InChI is InChI=1S/C24H41NO3/c1-5-8-9-10-11-12-13-14-19-28-24(27)23(25(4,6-2)7-3)20-21-15-17-22(26)18-16-21/h15-18,23H,5-14,19-20H2,1-4H3/p+1/t23-/m0/s1. The Labute approximate surface area is 172 Å². The van der Waals surface area contributed by atoms with Gasteiger partial charge >= 0.3 is 5.97 Å². The van der Waals surface area contributed by atoms with Crippen LogP contribution in [-0.4, -0.2) is 48.3 Å². The van der Waals surface area contributed by atoms with Crippen LogP contribution in [0.15, 0.2) is 24.3 Å². The molecule has 1 aromatic rings. The summed E-state index contributed by atoms with van der Waals surface area (Å²) < 4.78 is 6.35. The van der Waals surface area contributed by atoms with E-state index in [1.54, 1.807) is 12.1 Å². The fourth-order valence-corrected chi connectivity index (χ4v) is 3.58. The molecule has 1 N–H and O–H groups in total. The predicted octanol–water partition coefficient (Wildman–Crippen LogP) is 5.47. The number of carbonyl (C=O) groups is 1. The van der Waals surface area contributed by atoms with E-state index >= 15 is 0 Å². The van der Waals surface area contributed by atoms with Crippen molar-refractivity contribution >= 4 is 5.97 Å². The molecule has 0 fully saturated rings. The van der Waals surface area contributed by atoms with E-state index in [0.29, 0.717) is 17.5 Å². The number of unbranched alkanes of at least 4 members (excludes halogenated alkanes) is 7.